The van der Waals surface area contributed by atoms with Gasteiger partial charge in [0.1, 0.15) is 28.7 Å². The number of hydrogen-bond acceptors (Lipinski definition) is 5. The minimum atomic E-state index is 0.167. The van der Waals surface area contributed by atoms with E-state index in [2.05, 4.69) is 0 Å². The van der Waals surface area contributed by atoms with Gasteiger partial charge in [0.05, 0.1) is 11.4 Å². The lowest BCUT2D eigenvalue weighted by Gasteiger charge is -2.30. The summed E-state index contributed by atoms with van der Waals surface area (Å²) >= 11 is 0. The zero-order valence-corrected chi connectivity index (χ0v) is 21.0. The summed E-state index contributed by atoms with van der Waals surface area (Å²) < 4.78 is 6.20. The molecule has 0 atom stereocenters. The van der Waals surface area contributed by atoms with Gasteiger partial charge in [-0.3, -0.25) is 0 Å². The number of nitrogens with zero attached hydrogens (tertiary/aromatic N) is 1. The van der Waals surface area contributed by atoms with Gasteiger partial charge in [-0.2, -0.15) is 0 Å². The second kappa shape index (κ2) is 9.26. The third-order valence-electron chi connectivity index (χ3n) is 6.51. The monoisotopic (exact) mass is 469 g/mol. The van der Waals surface area contributed by atoms with Gasteiger partial charge < -0.3 is 25.0 Å². The van der Waals surface area contributed by atoms with Crippen LogP contribution in [0, 0.1) is 41.5 Å². The molecule has 0 aliphatic rings. The Kier molecular flexibility index (Phi) is 6.35. The quantitative estimate of drug-likeness (QED) is 0.277. The normalized spacial score (nSPS) is 10.9. The van der Waals surface area contributed by atoms with Crippen molar-refractivity contribution >= 4 is 17.1 Å². The van der Waals surface area contributed by atoms with Crippen molar-refractivity contribution in [3.05, 3.63) is 94.0 Å². The van der Waals surface area contributed by atoms with Gasteiger partial charge in [0, 0.05) is 29.4 Å². The van der Waals surface area contributed by atoms with Crippen molar-refractivity contribution in [2.45, 2.75) is 41.5 Å². The highest BCUT2D eigenvalue weighted by atomic mass is 16.5. The fourth-order valence-electron chi connectivity index (χ4n) is 4.24. The van der Waals surface area contributed by atoms with Gasteiger partial charge in [0.2, 0.25) is 0 Å². The first kappa shape index (κ1) is 24.0. The molecule has 0 aromatic heterocycles. The van der Waals surface area contributed by atoms with E-state index in [1.165, 1.54) is 0 Å². The molecule has 0 spiro atoms. The van der Waals surface area contributed by atoms with Crippen molar-refractivity contribution in [3.8, 4) is 28.7 Å². The molecule has 0 amide bonds. The third kappa shape index (κ3) is 4.76. The van der Waals surface area contributed by atoms with Crippen molar-refractivity contribution in [3.63, 3.8) is 0 Å². The number of hydrogen-bond donors (Lipinski definition) is 3. The van der Waals surface area contributed by atoms with Crippen LogP contribution >= 0.6 is 0 Å². The standard InChI is InChI=1S/C30H31NO4/c1-17-10-29(34)22(6)30(11-17)35-26-9-7-8-23(14-26)31(27-15-24(32)12-18(2)20(27)4)28-16-25(33)13-19(3)21(28)5/h7-16,32-34H,1-6H3. The molecule has 0 saturated heterocycles. The van der Waals surface area contributed by atoms with Crippen molar-refractivity contribution in [1.82, 2.24) is 0 Å². The second-order valence-electron chi connectivity index (χ2n) is 9.16. The number of aryl methyl sites for hydroxylation is 3. The molecule has 4 aromatic rings. The summed E-state index contributed by atoms with van der Waals surface area (Å²) in [5.74, 6) is 1.71. The highest BCUT2D eigenvalue weighted by Crippen LogP contribution is 2.44. The van der Waals surface area contributed by atoms with Crippen LogP contribution in [0.5, 0.6) is 28.7 Å². The van der Waals surface area contributed by atoms with E-state index >= 15 is 0 Å². The fourth-order valence-corrected chi connectivity index (χ4v) is 4.24. The van der Waals surface area contributed by atoms with E-state index in [1.807, 2.05) is 76.8 Å². The number of anilines is 3. The molecular weight excluding hydrogens is 438 g/mol. The van der Waals surface area contributed by atoms with Gasteiger partial charge in [0.25, 0.3) is 0 Å². The summed E-state index contributed by atoms with van der Waals surface area (Å²) in [6.07, 6.45) is 0. The lowest BCUT2D eigenvalue weighted by atomic mass is 10.0. The number of rotatable bonds is 5. The molecule has 0 aliphatic carbocycles. The number of phenols is 3. The summed E-state index contributed by atoms with van der Waals surface area (Å²) in [6, 6.07) is 18.2. The van der Waals surface area contributed by atoms with Crippen molar-refractivity contribution in [1.29, 1.82) is 0 Å². The van der Waals surface area contributed by atoms with Gasteiger partial charge in [-0.1, -0.05) is 6.07 Å². The summed E-state index contributed by atoms with van der Waals surface area (Å²) in [5, 5.41) is 31.1. The minimum Gasteiger partial charge on any atom is -0.508 e. The summed E-state index contributed by atoms with van der Waals surface area (Å²) in [4.78, 5) is 2.03. The molecule has 0 fully saturated rings. The summed E-state index contributed by atoms with van der Waals surface area (Å²) in [7, 11) is 0. The van der Waals surface area contributed by atoms with Crippen LogP contribution in [-0.4, -0.2) is 15.3 Å². The Labute approximate surface area is 206 Å². The van der Waals surface area contributed by atoms with Crippen molar-refractivity contribution in [2.75, 3.05) is 4.90 Å². The molecule has 0 heterocycles. The fraction of sp³-hybridized carbons (Fsp3) is 0.200. The second-order valence-corrected chi connectivity index (χ2v) is 9.16. The Balaban J connectivity index is 1.91. The topological polar surface area (TPSA) is 73.2 Å². The first-order valence-electron chi connectivity index (χ1n) is 11.5. The van der Waals surface area contributed by atoms with Gasteiger partial charge >= 0.3 is 0 Å². The van der Waals surface area contributed by atoms with Crippen LogP contribution in [-0.2, 0) is 0 Å². The molecule has 5 heteroatoms. The van der Waals surface area contributed by atoms with Crippen LogP contribution in [0.4, 0.5) is 17.1 Å². The first-order chi connectivity index (χ1) is 16.5. The van der Waals surface area contributed by atoms with Gasteiger partial charge in [0.15, 0.2) is 0 Å². The zero-order valence-electron chi connectivity index (χ0n) is 21.0. The number of phenolic OH excluding ortho intramolecular Hbond substituents is 3. The highest BCUT2D eigenvalue weighted by Gasteiger charge is 2.21. The summed E-state index contributed by atoms with van der Waals surface area (Å²) in [5.41, 5.74) is 7.90. The van der Waals surface area contributed by atoms with Crippen LogP contribution in [0.2, 0.25) is 0 Å². The molecule has 180 valence electrons. The van der Waals surface area contributed by atoms with E-state index in [0.29, 0.717) is 17.1 Å². The zero-order chi connectivity index (χ0) is 25.4. The van der Waals surface area contributed by atoms with E-state index in [0.717, 1.165) is 44.9 Å². The highest BCUT2D eigenvalue weighted by molar-refractivity contribution is 5.83. The first-order valence-corrected chi connectivity index (χ1v) is 11.5. The molecule has 0 bridgehead atoms. The molecule has 35 heavy (non-hydrogen) atoms. The SMILES string of the molecule is Cc1cc(O)c(C)c(Oc2cccc(N(c3cc(O)cc(C)c3C)c3cc(O)cc(C)c3C)c2)c1. The van der Waals surface area contributed by atoms with E-state index < -0.39 is 0 Å². The van der Waals surface area contributed by atoms with Gasteiger partial charge in [-0.15, -0.1) is 0 Å². The molecule has 0 aliphatic heterocycles. The summed E-state index contributed by atoms with van der Waals surface area (Å²) in [6.45, 7) is 11.7. The van der Waals surface area contributed by atoms with Crippen molar-refractivity contribution < 1.29 is 20.1 Å². The van der Waals surface area contributed by atoms with E-state index in [9.17, 15) is 15.3 Å². The Bertz CT molecular complexity index is 1370. The predicted molar refractivity (Wildman–Crippen MR) is 141 cm³/mol. The maximum absolute atomic E-state index is 10.4. The average molecular weight is 470 g/mol. The average Bonchev–Trinajstić information content (AvgIpc) is 2.78. The lowest BCUT2D eigenvalue weighted by Crippen LogP contribution is -2.14. The van der Waals surface area contributed by atoms with Crippen LogP contribution in [0.15, 0.2) is 60.7 Å². The van der Waals surface area contributed by atoms with E-state index in [4.69, 9.17) is 4.74 Å². The van der Waals surface area contributed by atoms with Crippen molar-refractivity contribution in [2.24, 2.45) is 0 Å². The van der Waals surface area contributed by atoms with E-state index in [-0.39, 0.29) is 17.2 Å². The Morgan fingerprint density at radius 1 is 0.629 bits per heavy atom. The van der Waals surface area contributed by atoms with Crippen LogP contribution in [0.3, 0.4) is 0 Å². The molecule has 3 N–H and O–H groups in total. The Morgan fingerprint density at radius 2 is 1.20 bits per heavy atom. The van der Waals surface area contributed by atoms with Gasteiger partial charge in [-0.25, -0.2) is 0 Å². The van der Waals surface area contributed by atoms with E-state index in [1.54, 1.807) is 30.3 Å². The molecule has 0 radical (unpaired) electrons. The Morgan fingerprint density at radius 3 is 1.77 bits per heavy atom. The smallest absolute Gasteiger partial charge is 0.134 e. The maximum Gasteiger partial charge on any atom is 0.134 e. The van der Waals surface area contributed by atoms with Crippen LogP contribution < -0.4 is 9.64 Å². The number of ether oxygens (including phenoxy) is 1. The predicted octanol–water partition coefficient (Wildman–Crippen LogP) is 7.92. The lowest BCUT2D eigenvalue weighted by molar-refractivity contribution is 0.447. The molecule has 5 nitrogen and oxygen atoms in total. The van der Waals surface area contributed by atoms with Gasteiger partial charge in [-0.05, 0) is 106 Å². The molecular formula is C30H31NO4. The largest absolute Gasteiger partial charge is 0.508 e. The maximum atomic E-state index is 10.4. The van der Waals surface area contributed by atoms with Crippen LogP contribution in [0.1, 0.15) is 33.4 Å². The number of aromatic hydroxyl groups is 3. The van der Waals surface area contributed by atoms with Crippen LogP contribution in [0.25, 0.3) is 0 Å². The Hall–Kier alpha value is -4.12. The minimum absolute atomic E-state index is 0.167. The molecule has 0 unspecified atom stereocenters. The number of benzene rings is 4. The molecule has 4 aromatic carbocycles. The third-order valence-corrected chi connectivity index (χ3v) is 6.51. The molecule has 4 rings (SSSR count). The molecule has 0 saturated carbocycles.